The summed E-state index contributed by atoms with van der Waals surface area (Å²) in [5, 5.41) is 4.32. The molecule has 0 aromatic carbocycles. The molecule has 1 saturated heterocycles. The number of rotatable bonds is 5. The largest absolute Gasteiger partial charge is 0.342 e. The van der Waals surface area contributed by atoms with Crippen LogP contribution in [-0.2, 0) is 10.2 Å². The number of pyridine rings is 1. The Hall–Kier alpha value is -2.24. The van der Waals surface area contributed by atoms with Gasteiger partial charge in [-0.1, -0.05) is 31.0 Å². The molecule has 1 unspecified atom stereocenters. The lowest BCUT2D eigenvalue weighted by atomic mass is 9.74. The van der Waals surface area contributed by atoms with Crippen molar-refractivity contribution in [1.29, 1.82) is 0 Å². The number of amides is 1. The molecule has 0 bridgehead atoms. The number of likely N-dealkylation sites (tertiary alicyclic amines) is 1. The van der Waals surface area contributed by atoms with Gasteiger partial charge in [-0.3, -0.25) is 9.78 Å². The Balaban J connectivity index is 1.65. The van der Waals surface area contributed by atoms with Crippen LogP contribution >= 0.6 is 0 Å². The van der Waals surface area contributed by atoms with E-state index in [1.165, 1.54) is 12.8 Å². The Labute approximate surface area is 147 Å². The van der Waals surface area contributed by atoms with Crippen LogP contribution in [0.5, 0.6) is 0 Å². The summed E-state index contributed by atoms with van der Waals surface area (Å²) in [6.07, 6.45) is 7.86. The summed E-state index contributed by atoms with van der Waals surface area (Å²) >= 11 is 0. The van der Waals surface area contributed by atoms with Crippen molar-refractivity contribution in [3.63, 3.8) is 0 Å². The Bertz CT molecular complexity index is 741. The summed E-state index contributed by atoms with van der Waals surface area (Å²) in [5.74, 6) is 2.15. The van der Waals surface area contributed by atoms with Crippen LogP contribution in [0.4, 0.5) is 0 Å². The van der Waals surface area contributed by atoms with Crippen LogP contribution in [0.2, 0.25) is 0 Å². The van der Waals surface area contributed by atoms with Crippen LogP contribution in [0.25, 0.3) is 11.6 Å². The summed E-state index contributed by atoms with van der Waals surface area (Å²) in [6.45, 7) is 3.47. The standard InChI is InChI=1S/C19H24N4O2/c1-2-16(24)23-11-5-9-19(13-23,12-14-7-8-14)18-21-17(25-22-18)15-6-3-4-10-20-15/h3-4,6,10,14H,2,5,7-9,11-13H2,1H3. The topological polar surface area (TPSA) is 72.1 Å². The molecule has 1 amide bonds. The fourth-order valence-corrected chi connectivity index (χ4v) is 3.92. The van der Waals surface area contributed by atoms with Crippen molar-refractivity contribution in [3.8, 4) is 11.6 Å². The molecule has 1 aliphatic heterocycles. The molecule has 6 nitrogen and oxygen atoms in total. The van der Waals surface area contributed by atoms with Crippen LogP contribution in [0.3, 0.4) is 0 Å². The van der Waals surface area contributed by atoms with Crippen molar-refractivity contribution < 1.29 is 9.32 Å². The summed E-state index contributed by atoms with van der Waals surface area (Å²) < 4.78 is 5.53. The summed E-state index contributed by atoms with van der Waals surface area (Å²) in [7, 11) is 0. The molecule has 132 valence electrons. The highest BCUT2D eigenvalue weighted by atomic mass is 16.5. The highest BCUT2D eigenvalue weighted by molar-refractivity contribution is 5.76. The second-order valence-electron chi connectivity index (χ2n) is 7.34. The molecule has 1 saturated carbocycles. The van der Waals surface area contributed by atoms with Crippen LogP contribution in [0, 0.1) is 5.92 Å². The van der Waals surface area contributed by atoms with E-state index in [0.717, 1.165) is 37.5 Å². The minimum atomic E-state index is -0.180. The molecule has 0 spiro atoms. The second kappa shape index (κ2) is 6.58. The zero-order valence-corrected chi connectivity index (χ0v) is 14.6. The first-order valence-electron chi connectivity index (χ1n) is 9.23. The van der Waals surface area contributed by atoms with Crippen LogP contribution in [-0.4, -0.2) is 39.0 Å². The molecule has 6 heteroatoms. The molecule has 2 fully saturated rings. The van der Waals surface area contributed by atoms with E-state index in [4.69, 9.17) is 9.51 Å². The summed E-state index contributed by atoms with van der Waals surface area (Å²) in [6, 6.07) is 5.65. The van der Waals surface area contributed by atoms with Crippen molar-refractivity contribution in [2.75, 3.05) is 13.1 Å². The molecule has 2 aromatic heterocycles. The highest BCUT2D eigenvalue weighted by Crippen LogP contribution is 2.45. The minimum Gasteiger partial charge on any atom is -0.342 e. The first-order valence-corrected chi connectivity index (χ1v) is 9.23. The molecular weight excluding hydrogens is 316 g/mol. The summed E-state index contributed by atoms with van der Waals surface area (Å²) in [5.41, 5.74) is 0.515. The number of carbonyl (C=O) groups is 1. The van der Waals surface area contributed by atoms with Gasteiger partial charge in [0.1, 0.15) is 5.69 Å². The molecule has 25 heavy (non-hydrogen) atoms. The first-order chi connectivity index (χ1) is 12.2. The van der Waals surface area contributed by atoms with Gasteiger partial charge in [0.15, 0.2) is 5.82 Å². The maximum atomic E-state index is 12.3. The van der Waals surface area contributed by atoms with Gasteiger partial charge in [0, 0.05) is 25.7 Å². The average molecular weight is 340 g/mol. The maximum absolute atomic E-state index is 12.3. The zero-order chi connectivity index (χ0) is 17.3. The molecule has 1 atom stereocenters. The van der Waals surface area contributed by atoms with Gasteiger partial charge in [-0.2, -0.15) is 4.98 Å². The van der Waals surface area contributed by atoms with Crippen molar-refractivity contribution in [2.24, 2.45) is 5.92 Å². The predicted octanol–water partition coefficient (Wildman–Crippen LogP) is 3.20. The van der Waals surface area contributed by atoms with Crippen molar-refractivity contribution in [2.45, 2.75) is 50.9 Å². The van der Waals surface area contributed by atoms with Gasteiger partial charge in [-0.15, -0.1) is 0 Å². The predicted molar refractivity (Wildman–Crippen MR) is 92.7 cm³/mol. The zero-order valence-electron chi connectivity index (χ0n) is 14.6. The van der Waals surface area contributed by atoms with Gasteiger partial charge in [-0.05, 0) is 37.3 Å². The van der Waals surface area contributed by atoms with Gasteiger partial charge in [-0.25, -0.2) is 0 Å². The smallest absolute Gasteiger partial charge is 0.276 e. The minimum absolute atomic E-state index is 0.180. The van der Waals surface area contributed by atoms with E-state index in [9.17, 15) is 4.79 Å². The SMILES string of the molecule is CCC(=O)N1CCCC(CC2CC2)(c2noc(-c3ccccn3)n2)C1. The molecule has 0 N–H and O–H groups in total. The van der Waals surface area contributed by atoms with Crippen molar-refractivity contribution in [1.82, 2.24) is 20.0 Å². The quantitative estimate of drug-likeness (QED) is 0.836. The molecule has 2 aliphatic rings. The number of carbonyl (C=O) groups excluding carboxylic acids is 1. The Morgan fingerprint density at radius 1 is 1.40 bits per heavy atom. The van der Waals surface area contributed by atoms with Gasteiger partial charge < -0.3 is 9.42 Å². The number of hydrogen-bond acceptors (Lipinski definition) is 5. The fraction of sp³-hybridized carbons (Fsp3) is 0.579. The van der Waals surface area contributed by atoms with Crippen LogP contribution in [0.15, 0.2) is 28.9 Å². The van der Waals surface area contributed by atoms with Gasteiger partial charge in [0.2, 0.25) is 5.91 Å². The second-order valence-corrected chi connectivity index (χ2v) is 7.34. The number of hydrogen-bond donors (Lipinski definition) is 0. The molecule has 2 aromatic rings. The average Bonchev–Trinajstić information content (AvgIpc) is 3.32. The molecular formula is C19H24N4O2. The monoisotopic (exact) mass is 340 g/mol. The summed E-state index contributed by atoms with van der Waals surface area (Å²) in [4.78, 5) is 23.3. The van der Waals surface area contributed by atoms with E-state index in [0.29, 0.717) is 24.6 Å². The van der Waals surface area contributed by atoms with E-state index in [1.807, 2.05) is 30.0 Å². The van der Waals surface area contributed by atoms with E-state index < -0.39 is 0 Å². The van der Waals surface area contributed by atoms with Crippen LogP contribution < -0.4 is 0 Å². The lowest BCUT2D eigenvalue weighted by molar-refractivity contribution is -0.133. The normalized spacial score (nSPS) is 23.6. The first kappa shape index (κ1) is 16.2. The highest BCUT2D eigenvalue weighted by Gasteiger charge is 2.45. The third-order valence-electron chi connectivity index (χ3n) is 5.39. The Kier molecular flexibility index (Phi) is 4.27. The Morgan fingerprint density at radius 2 is 2.28 bits per heavy atom. The van der Waals surface area contributed by atoms with Gasteiger partial charge >= 0.3 is 0 Å². The van der Waals surface area contributed by atoms with Gasteiger partial charge in [0.05, 0.1) is 5.41 Å². The van der Waals surface area contributed by atoms with E-state index in [2.05, 4.69) is 10.1 Å². The number of piperidine rings is 1. The Morgan fingerprint density at radius 3 is 3.00 bits per heavy atom. The van der Waals surface area contributed by atoms with E-state index >= 15 is 0 Å². The fourth-order valence-electron chi connectivity index (χ4n) is 3.92. The maximum Gasteiger partial charge on any atom is 0.276 e. The van der Waals surface area contributed by atoms with E-state index in [1.54, 1.807) is 6.20 Å². The number of aromatic nitrogens is 3. The van der Waals surface area contributed by atoms with Crippen molar-refractivity contribution >= 4 is 5.91 Å². The molecule has 4 rings (SSSR count). The van der Waals surface area contributed by atoms with Crippen molar-refractivity contribution in [3.05, 3.63) is 30.2 Å². The lowest BCUT2D eigenvalue weighted by Gasteiger charge is -2.41. The third kappa shape index (κ3) is 3.30. The molecule has 0 radical (unpaired) electrons. The third-order valence-corrected chi connectivity index (χ3v) is 5.39. The number of nitrogens with zero attached hydrogens (tertiary/aromatic N) is 4. The lowest BCUT2D eigenvalue weighted by Crippen LogP contribution is -2.49. The van der Waals surface area contributed by atoms with Crippen LogP contribution in [0.1, 0.15) is 51.3 Å². The molecule has 3 heterocycles. The molecule has 1 aliphatic carbocycles. The van der Waals surface area contributed by atoms with Gasteiger partial charge in [0.25, 0.3) is 5.89 Å². The van der Waals surface area contributed by atoms with E-state index in [-0.39, 0.29) is 11.3 Å².